The standard InChI is InChI=1S/C17H16N2O5/c1-11-6-7-12(8-14(11)19(21)22)17(20)18-9-13-10-23-15-4-2-3-5-16(15)24-13/h2-8,13H,9-10H2,1H3,(H,18,20)/t13-/m1/s1. The first kappa shape index (κ1) is 15.8. The average Bonchev–Trinajstić information content (AvgIpc) is 2.59. The number of carbonyl (C=O) groups is 1. The van der Waals surface area contributed by atoms with E-state index in [2.05, 4.69) is 5.32 Å². The fourth-order valence-electron chi connectivity index (χ4n) is 2.42. The zero-order valence-corrected chi connectivity index (χ0v) is 13.0. The highest BCUT2D eigenvalue weighted by atomic mass is 16.6. The van der Waals surface area contributed by atoms with E-state index in [0.29, 0.717) is 23.7 Å². The second-order valence-corrected chi connectivity index (χ2v) is 5.47. The minimum absolute atomic E-state index is 0.0752. The molecule has 0 saturated carbocycles. The molecule has 7 nitrogen and oxygen atoms in total. The third-order valence-corrected chi connectivity index (χ3v) is 3.73. The number of aryl methyl sites for hydroxylation is 1. The minimum atomic E-state index is -0.499. The molecular formula is C17H16N2O5. The summed E-state index contributed by atoms with van der Waals surface area (Å²) >= 11 is 0. The molecule has 0 fully saturated rings. The van der Waals surface area contributed by atoms with E-state index in [-0.39, 0.29) is 29.8 Å². The van der Waals surface area contributed by atoms with Crippen LogP contribution < -0.4 is 14.8 Å². The third-order valence-electron chi connectivity index (χ3n) is 3.73. The van der Waals surface area contributed by atoms with E-state index < -0.39 is 4.92 Å². The first-order valence-electron chi connectivity index (χ1n) is 7.46. The van der Waals surface area contributed by atoms with Gasteiger partial charge >= 0.3 is 0 Å². The first-order valence-corrected chi connectivity index (χ1v) is 7.46. The Bertz CT molecular complexity index is 790. The Labute approximate surface area is 138 Å². The van der Waals surface area contributed by atoms with Crippen LogP contribution in [0.3, 0.4) is 0 Å². The van der Waals surface area contributed by atoms with Gasteiger partial charge in [0.2, 0.25) is 0 Å². The van der Waals surface area contributed by atoms with Crippen molar-refractivity contribution in [3.8, 4) is 11.5 Å². The van der Waals surface area contributed by atoms with Gasteiger partial charge in [0.15, 0.2) is 11.5 Å². The summed E-state index contributed by atoms with van der Waals surface area (Å²) in [5.74, 6) is 0.920. The van der Waals surface area contributed by atoms with Crippen LogP contribution >= 0.6 is 0 Å². The summed E-state index contributed by atoms with van der Waals surface area (Å²) in [7, 11) is 0. The minimum Gasteiger partial charge on any atom is -0.486 e. The van der Waals surface area contributed by atoms with Gasteiger partial charge in [0.05, 0.1) is 11.5 Å². The van der Waals surface area contributed by atoms with Gasteiger partial charge in [-0.05, 0) is 25.1 Å². The van der Waals surface area contributed by atoms with E-state index in [1.54, 1.807) is 25.1 Å². The largest absolute Gasteiger partial charge is 0.486 e. The van der Waals surface area contributed by atoms with Gasteiger partial charge in [-0.25, -0.2) is 0 Å². The fraction of sp³-hybridized carbons (Fsp3) is 0.235. The van der Waals surface area contributed by atoms with Crippen LogP contribution in [0, 0.1) is 17.0 Å². The number of nitrogens with one attached hydrogen (secondary N) is 1. The monoisotopic (exact) mass is 328 g/mol. The molecule has 0 spiro atoms. The molecule has 1 heterocycles. The van der Waals surface area contributed by atoms with Gasteiger partial charge in [0.1, 0.15) is 12.7 Å². The number of rotatable bonds is 4. The number of amides is 1. The molecule has 0 radical (unpaired) electrons. The van der Waals surface area contributed by atoms with Crippen LogP contribution in [0.15, 0.2) is 42.5 Å². The Kier molecular flexibility index (Phi) is 4.33. The molecule has 124 valence electrons. The second kappa shape index (κ2) is 6.57. The summed E-state index contributed by atoms with van der Waals surface area (Å²) in [6, 6.07) is 11.7. The van der Waals surface area contributed by atoms with Crippen molar-refractivity contribution in [3.63, 3.8) is 0 Å². The summed E-state index contributed by atoms with van der Waals surface area (Å²) in [4.78, 5) is 22.6. The maximum absolute atomic E-state index is 12.2. The van der Waals surface area contributed by atoms with Gasteiger partial charge in [-0.1, -0.05) is 18.2 Å². The van der Waals surface area contributed by atoms with E-state index in [1.165, 1.54) is 6.07 Å². The van der Waals surface area contributed by atoms with Crippen molar-refractivity contribution in [2.24, 2.45) is 0 Å². The number of nitrogens with zero attached hydrogens (tertiary/aromatic N) is 1. The second-order valence-electron chi connectivity index (χ2n) is 5.47. The lowest BCUT2D eigenvalue weighted by molar-refractivity contribution is -0.385. The molecule has 0 aliphatic carbocycles. The van der Waals surface area contributed by atoms with Gasteiger partial charge in [-0.2, -0.15) is 0 Å². The quantitative estimate of drug-likeness (QED) is 0.688. The molecule has 0 unspecified atom stereocenters. The molecule has 0 saturated heterocycles. The van der Waals surface area contributed by atoms with Gasteiger partial charge in [0, 0.05) is 17.2 Å². The smallest absolute Gasteiger partial charge is 0.273 e. The van der Waals surface area contributed by atoms with Crippen molar-refractivity contribution in [2.45, 2.75) is 13.0 Å². The van der Waals surface area contributed by atoms with Crippen LogP contribution in [0.1, 0.15) is 15.9 Å². The summed E-state index contributed by atoms with van der Waals surface area (Å²) in [5, 5.41) is 13.7. The number of hydrogen-bond donors (Lipinski definition) is 1. The van der Waals surface area contributed by atoms with E-state index in [9.17, 15) is 14.9 Å². The molecule has 2 aromatic rings. The summed E-state index contributed by atoms with van der Waals surface area (Å²) in [6.45, 7) is 2.20. The molecule has 24 heavy (non-hydrogen) atoms. The molecule has 1 aliphatic heterocycles. The van der Waals surface area contributed by atoms with Gasteiger partial charge in [0.25, 0.3) is 11.6 Å². The average molecular weight is 328 g/mol. The lowest BCUT2D eigenvalue weighted by atomic mass is 10.1. The Morgan fingerprint density at radius 3 is 2.79 bits per heavy atom. The molecule has 2 aromatic carbocycles. The summed E-state index contributed by atoms with van der Waals surface area (Å²) < 4.78 is 11.3. The van der Waals surface area contributed by atoms with Crippen LogP contribution in [-0.4, -0.2) is 30.1 Å². The van der Waals surface area contributed by atoms with Gasteiger partial charge < -0.3 is 14.8 Å². The van der Waals surface area contributed by atoms with Crippen molar-refractivity contribution in [3.05, 3.63) is 63.7 Å². The Morgan fingerprint density at radius 1 is 1.29 bits per heavy atom. The number of carbonyl (C=O) groups excluding carboxylic acids is 1. The SMILES string of the molecule is Cc1ccc(C(=O)NC[C@@H]2COc3ccccc3O2)cc1[N+](=O)[O-]. The number of benzene rings is 2. The number of hydrogen-bond acceptors (Lipinski definition) is 5. The number of nitro groups is 1. The third kappa shape index (κ3) is 3.29. The Hall–Kier alpha value is -3.09. The fourth-order valence-corrected chi connectivity index (χ4v) is 2.42. The van der Waals surface area contributed by atoms with Crippen LogP contribution in [0.5, 0.6) is 11.5 Å². The molecule has 1 aliphatic rings. The zero-order chi connectivity index (χ0) is 17.1. The topological polar surface area (TPSA) is 90.7 Å². The van der Waals surface area contributed by atoms with Crippen molar-refractivity contribution in [1.82, 2.24) is 5.32 Å². The number of ether oxygens (including phenoxy) is 2. The van der Waals surface area contributed by atoms with Gasteiger partial charge in [-0.3, -0.25) is 14.9 Å². The number of fused-ring (bicyclic) bond motifs is 1. The van der Waals surface area contributed by atoms with Crippen molar-refractivity contribution >= 4 is 11.6 Å². The Balaban J connectivity index is 1.62. The van der Waals surface area contributed by atoms with Crippen LogP contribution in [0.2, 0.25) is 0 Å². The van der Waals surface area contributed by atoms with Crippen LogP contribution in [0.4, 0.5) is 5.69 Å². The van der Waals surface area contributed by atoms with Crippen molar-refractivity contribution in [1.29, 1.82) is 0 Å². The molecular weight excluding hydrogens is 312 g/mol. The highest BCUT2D eigenvalue weighted by Crippen LogP contribution is 2.30. The van der Waals surface area contributed by atoms with E-state index in [0.717, 1.165) is 0 Å². The molecule has 0 bridgehead atoms. The zero-order valence-electron chi connectivity index (χ0n) is 13.0. The van der Waals surface area contributed by atoms with Gasteiger partial charge in [-0.15, -0.1) is 0 Å². The highest BCUT2D eigenvalue weighted by Gasteiger charge is 2.22. The molecule has 1 atom stereocenters. The van der Waals surface area contributed by atoms with Crippen molar-refractivity contribution < 1.29 is 19.2 Å². The normalized spacial score (nSPS) is 15.6. The van der Waals surface area contributed by atoms with E-state index in [1.807, 2.05) is 18.2 Å². The molecule has 7 heteroatoms. The predicted molar refractivity (Wildman–Crippen MR) is 86.5 cm³/mol. The summed E-state index contributed by atoms with van der Waals surface area (Å²) in [6.07, 6.45) is -0.315. The van der Waals surface area contributed by atoms with Crippen LogP contribution in [0.25, 0.3) is 0 Å². The lowest BCUT2D eigenvalue weighted by Gasteiger charge is -2.26. The van der Waals surface area contributed by atoms with E-state index >= 15 is 0 Å². The number of nitro benzene ring substituents is 1. The Morgan fingerprint density at radius 2 is 2.04 bits per heavy atom. The maximum Gasteiger partial charge on any atom is 0.273 e. The van der Waals surface area contributed by atoms with E-state index in [4.69, 9.17) is 9.47 Å². The van der Waals surface area contributed by atoms with Crippen LogP contribution in [-0.2, 0) is 0 Å². The predicted octanol–water partition coefficient (Wildman–Crippen LogP) is 2.47. The highest BCUT2D eigenvalue weighted by molar-refractivity contribution is 5.95. The molecule has 1 amide bonds. The maximum atomic E-state index is 12.2. The molecule has 1 N–H and O–H groups in total. The summed E-state index contributed by atoms with van der Waals surface area (Å²) in [5.41, 5.74) is 0.676. The molecule has 0 aromatic heterocycles. The first-order chi connectivity index (χ1) is 11.5. The lowest BCUT2D eigenvalue weighted by Crippen LogP contribution is -2.40. The van der Waals surface area contributed by atoms with Crippen molar-refractivity contribution in [2.75, 3.05) is 13.2 Å². The number of para-hydroxylation sites is 2. The molecule has 3 rings (SSSR count).